The summed E-state index contributed by atoms with van der Waals surface area (Å²) in [6.07, 6.45) is 4.72. The van der Waals surface area contributed by atoms with Crippen molar-refractivity contribution in [1.29, 1.82) is 0 Å². The first-order valence-corrected chi connectivity index (χ1v) is 12.7. The second-order valence-corrected chi connectivity index (χ2v) is 9.88. The lowest BCUT2D eigenvalue weighted by Crippen LogP contribution is -2.08. The number of nitrogens with zero attached hydrogens (tertiary/aromatic N) is 4. The predicted octanol–water partition coefficient (Wildman–Crippen LogP) is 5.03. The van der Waals surface area contributed by atoms with Crippen LogP contribution in [0.25, 0.3) is 11.3 Å². The molecule has 1 N–H and O–H groups in total. The summed E-state index contributed by atoms with van der Waals surface area (Å²) in [4.78, 5) is 13.0. The van der Waals surface area contributed by atoms with E-state index in [1.165, 1.54) is 22.9 Å². The molecule has 0 spiro atoms. The van der Waals surface area contributed by atoms with Gasteiger partial charge in [0.25, 0.3) is 0 Å². The quantitative estimate of drug-likeness (QED) is 0.321. The summed E-state index contributed by atoms with van der Waals surface area (Å²) in [5.41, 5.74) is 3.44. The summed E-state index contributed by atoms with van der Waals surface area (Å²) < 4.78 is 32.9. The largest absolute Gasteiger partial charge is 0.489 e. The molecule has 0 atom stereocenters. The normalized spacial score (nSPS) is 11.2. The molecule has 2 aromatic heterocycles. The number of imidazole rings is 1. The maximum absolute atomic E-state index is 12.8. The SMILES string of the molecule is Cn1ccnc1S(=O)(=O)c1ccc(Nc2nccc(-c3ccc(OCc4ccccc4)cc3)n2)cc1. The standard InChI is InChI=1S/C27H23N5O3S/c1-32-18-17-29-27(32)36(33,34)24-13-9-22(10-14-24)30-26-28-16-15-25(31-26)21-7-11-23(12-8-21)35-19-20-5-3-2-4-6-20/h2-18H,19H2,1H3,(H,28,30,31). The molecular weight excluding hydrogens is 474 g/mol. The second-order valence-electron chi connectivity index (χ2n) is 8.04. The van der Waals surface area contributed by atoms with Gasteiger partial charge >= 0.3 is 0 Å². The molecule has 0 saturated heterocycles. The summed E-state index contributed by atoms with van der Waals surface area (Å²) in [5.74, 6) is 1.17. The van der Waals surface area contributed by atoms with Crippen molar-refractivity contribution in [3.05, 3.63) is 109 Å². The number of aromatic nitrogens is 4. The molecular formula is C27H23N5O3S. The number of aryl methyl sites for hydroxylation is 1. The Kier molecular flexibility index (Phi) is 6.46. The van der Waals surface area contributed by atoms with Crippen LogP contribution in [0.1, 0.15) is 5.56 Å². The van der Waals surface area contributed by atoms with Crippen LogP contribution in [0.5, 0.6) is 5.75 Å². The van der Waals surface area contributed by atoms with Crippen molar-refractivity contribution in [3.8, 4) is 17.0 Å². The van der Waals surface area contributed by atoms with Gasteiger partial charge in [0.15, 0.2) is 0 Å². The smallest absolute Gasteiger partial charge is 0.240 e. The molecule has 3 aromatic carbocycles. The Morgan fingerprint density at radius 2 is 1.61 bits per heavy atom. The first kappa shape index (κ1) is 23.3. The zero-order valence-electron chi connectivity index (χ0n) is 19.4. The number of benzene rings is 3. The summed E-state index contributed by atoms with van der Waals surface area (Å²) in [6, 6.07) is 26.0. The van der Waals surface area contributed by atoms with Gasteiger partial charge in [0.2, 0.25) is 20.9 Å². The Balaban J connectivity index is 1.26. The Hall–Kier alpha value is -4.50. The molecule has 0 bridgehead atoms. The van der Waals surface area contributed by atoms with Crippen molar-refractivity contribution in [2.45, 2.75) is 16.7 Å². The van der Waals surface area contributed by atoms with Gasteiger partial charge in [0, 0.05) is 36.9 Å². The number of hydrogen-bond acceptors (Lipinski definition) is 7. The van der Waals surface area contributed by atoms with Gasteiger partial charge in [-0.15, -0.1) is 0 Å². The maximum atomic E-state index is 12.8. The average Bonchev–Trinajstić information content (AvgIpc) is 3.36. The third-order valence-corrected chi connectivity index (χ3v) is 7.26. The van der Waals surface area contributed by atoms with E-state index in [0.29, 0.717) is 18.2 Å². The minimum atomic E-state index is -3.70. The summed E-state index contributed by atoms with van der Waals surface area (Å²) >= 11 is 0. The highest BCUT2D eigenvalue weighted by Gasteiger charge is 2.22. The van der Waals surface area contributed by atoms with Crippen LogP contribution in [-0.4, -0.2) is 27.9 Å². The predicted molar refractivity (Wildman–Crippen MR) is 137 cm³/mol. The topological polar surface area (TPSA) is 99.0 Å². The van der Waals surface area contributed by atoms with E-state index < -0.39 is 9.84 Å². The number of sulfone groups is 1. The molecule has 180 valence electrons. The molecule has 0 aliphatic heterocycles. The zero-order chi connectivity index (χ0) is 25.0. The first-order chi connectivity index (χ1) is 17.5. The van der Waals surface area contributed by atoms with E-state index in [1.807, 2.05) is 60.7 Å². The van der Waals surface area contributed by atoms with Gasteiger partial charge in [-0.25, -0.2) is 23.4 Å². The molecule has 0 radical (unpaired) electrons. The van der Waals surface area contributed by atoms with E-state index in [-0.39, 0.29) is 10.1 Å². The molecule has 0 unspecified atom stereocenters. The molecule has 0 amide bonds. The third-order valence-electron chi connectivity index (χ3n) is 5.49. The Morgan fingerprint density at radius 1 is 0.861 bits per heavy atom. The number of rotatable bonds is 8. The highest BCUT2D eigenvalue weighted by molar-refractivity contribution is 7.91. The molecule has 0 fully saturated rings. The molecule has 8 nitrogen and oxygen atoms in total. The maximum Gasteiger partial charge on any atom is 0.240 e. The van der Waals surface area contributed by atoms with Crippen LogP contribution < -0.4 is 10.1 Å². The second kappa shape index (κ2) is 10.0. The van der Waals surface area contributed by atoms with Crippen LogP contribution in [0.4, 0.5) is 11.6 Å². The van der Waals surface area contributed by atoms with E-state index >= 15 is 0 Å². The molecule has 0 aliphatic rings. The highest BCUT2D eigenvalue weighted by Crippen LogP contribution is 2.24. The Morgan fingerprint density at radius 3 is 2.31 bits per heavy atom. The van der Waals surface area contributed by atoms with Crippen LogP contribution in [-0.2, 0) is 23.5 Å². The van der Waals surface area contributed by atoms with E-state index in [2.05, 4.69) is 20.3 Å². The molecule has 9 heteroatoms. The van der Waals surface area contributed by atoms with Crippen molar-refractivity contribution in [1.82, 2.24) is 19.5 Å². The van der Waals surface area contributed by atoms with Crippen molar-refractivity contribution < 1.29 is 13.2 Å². The van der Waals surface area contributed by atoms with Gasteiger partial charge in [0.05, 0.1) is 10.6 Å². The lowest BCUT2D eigenvalue weighted by atomic mass is 10.1. The van der Waals surface area contributed by atoms with Crippen LogP contribution in [0.3, 0.4) is 0 Å². The number of nitrogens with one attached hydrogen (secondary N) is 1. The molecule has 36 heavy (non-hydrogen) atoms. The van der Waals surface area contributed by atoms with Crippen molar-refractivity contribution in [2.75, 3.05) is 5.32 Å². The van der Waals surface area contributed by atoms with Crippen LogP contribution >= 0.6 is 0 Å². The van der Waals surface area contributed by atoms with E-state index in [9.17, 15) is 8.42 Å². The molecule has 0 saturated carbocycles. The fraction of sp³-hybridized carbons (Fsp3) is 0.0741. The monoisotopic (exact) mass is 497 g/mol. The number of anilines is 2. The van der Waals surface area contributed by atoms with Gasteiger partial charge < -0.3 is 14.6 Å². The highest BCUT2D eigenvalue weighted by atomic mass is 32.2. The fourth-order valence-electron chi connectivity index (χ4n) is 3.61. The fourth-order valence-corrected chi connectivity index (χ4v) is 4.95. The zero-order valence-corrected chi connectivity index (χ0v) is 20.3. The summed E-state index contributed by atoms with van der Waals surface area (Å²) in [5, 5.41) is 3.12. The van der Waals surface area contributed by atoms with Crippen LogP contribution in [0.2, 0.25) is 0 Å². The Labute approximate surface area is 209 Å². The third kappa shape index (κ3) is 5.11. The van der Waals surface area contributed by atoms with Crippen molar-refractivity contribution >= 4 is 21.5 Å². The lowest BCUT2D eigenvalue weighted by Gasteiger charge is -2.09. The van der Waals surface area contributed by atoms with Gasteiger partial charge in [0.1, 0.15) is 12.4 Å². The molecule has 0 aliphatic carbocycles. The van der Waals surface area contributed by atoms with E-state index in [1.54, 1.807) is 31.6 Å². The molecule has 2 heterocycles. The average molecular weight is 498 g/mol. The van der Waals surface area contributed by atoms with Crippen LogP contribution in [0.15, 0.2) is 114 Å². The molecule has 5 rings (SSSR count). The minimum Gasteiger partial charge on any atom is -0.489 e. The van der Waals surface area contributed by atoms with Crippen LogP contribution in [0, 0.1) is 0 Å². The lowest BCUT2D eigenvalue weighted by molar-refractivity contribution is 0.306. The van der Waals surface area contributed by atoms with Crippen molar-refractivity contribution in [3.63, 3.8) is 0 Å². The van der Waals surface area contributed by atoms with E-state index in [0.717, 1.165) is 22.6 Å². The van der Waals surface area contributed by atoms with Gasteiger partial charge in [-0.3, -0.25) is 0 Å². The first-order valence-electron chi connectivity index (χ1n) is 11.2. The summed E-state index contributed by atoms with van der Waals surface area (Å²) in [6.45, 7) is 0.504. The molecule has 5 aromatic rings. The van der Waals surface area contributed by atoms with Crippen molar-refractivity contribution in [2.24, 2.45) is 7.05 Å². The van der Waals surface area contributed by atoms with Gasteiger partial charge in [-0.05, 0) is 60.2 Å². The minimum absolute atomic E-state index is 0.00396. The summed E-state index contributed by atoms with van der Waals surface area (Å²) in [7, 11) is -2.06. The number of ether oxygens (including phenoxy) is 1. The van der Waals surface area contributed by atoms with Gasteiger partial charge in [-0.2, -0.15) is 0 Å². The van der Waals surface area contributed by atoms with E-state index in [4.69, 9.17) is 4.74 Å². The Bertz CT molecular complexity index is 1570. The number of hydrogen-bond donors (Lipinski definition) is 1. The van der Waals surface area contributed by atoms with Gasteiger partial charge in [-0.1, -0.05) is 30.3 Å².